The molecule has 2 aromatic carbocycles. The minimum absolute atomic E-state index is 0.0538. The molecule has 0 spiro atoms. The lowest BCUT2D eigenvalue weighted by Crippen LogP contribution is -2.36. The molecule has 0 saturated heterocycles. The molecule has 0 aliphatic carbocycles. The Balaban J connectivity index is 1.60. The Bertz CT molecular complexity index is 972. The highest BCUT2D eigenvalue weighted by Crippen LogP contribution is 2.19. The van der Waals surface area contributed by atoms with E-state index in [4.69, 9.17) is 14.5 Å². The van der Waals surface area contributed by atoms with E-state index in [0.29, 0.717) is 19.6 Å². The molecular formula is C24H31N3O3. The van der Waals surface area contributed by atoms with E-state index in [9.17, 15) is 4.79 Å². The van der Waals surface area contributed by atoms with Crippen LogP contribution in [0.5, 0.6) is 11.5 Å². The first-order chi connectivity index (χ1) is 14.4. The highest BCUT2D eigenvalue weighted by molar-refractivity contribution is 5.81. The Morgan fingerprint density at radius 2 is 1.77 bits per heavy atom. The van der Waals surface area contributed by atoms with Gasteiger partial charge in [-0.15, -0.1) is 0 Å². The van der Waals surface area contributed by atoms with Gasteiger partial charge >= 0.3 is 0 Å². The van der Waals surface area contributed by atoms with Crippen molar-refractivity contribution in [3.8, 4) is 11.5 Å². The molecule has 1 amide bonds. The first kappa shape index (κ1) is 21.7. The van der Waals surface area contributed by atoms with Gasteiger partial charge < -0.3 is 19.4 Å². The van der Waals surface area contributed by atoms with Gasteiger partial charge in [0.15, 0.2) is 0 Å². The van der Waals surface area contributed by atoms with Gasteiger partial charge in [-0.2, -0.15) is 0 Å². The number of hydrogen-bond acceptors (Lipinski definition) is 4. The summed E-state index contributed by atoms with van der Waals surface area (Å²) < 4.78 is 13.3. The molecule has 0 saturated carbocycles. The second-order valence-corrected chi connectivity index (χ2v) is 8.30. The summed E-state index contributed by atoms with van der Waals surface area (Å²) >= 11 is 0. The molecule has 160 valence electrons. The highest BCUT2D eigenvalue weighted by Gasteiger charge is 2.20. The van der Waals surface area contributed by atoms with E-state index in [0.717, 1.165) is 41.3 Å². The molecular weight excluding hydrogens is 378 g/mol. The van der Waals surface area contributed by atoms with Gasteiger partial charge in [-0.25, -0.2) is 4.98 Å². The standard InChI is InChI=1S/C24H31N3O3/c1-24(2,3)23(28)25-15-14-22-26-20-8-5-6-9-21(20)27(22)16-7-17-30-19-12-10-18(29-4)11-13-19/h5-6,8-13H,7,14-17H2,1-4H3,(H,25,28). The van der Waals surface area contributed by atoms with Crippen LogP contribution in [0.15, 0.2) is 48.5 Å². The van der Waals surface area contributed by atoms with Gasteiger partial charge in [0.05, 0.1) is 24.8 Å². The first-order valence-corrected chi connectivity index (χ1v) is 10.4. The fourth-order valence-electron chi connectivity index (χ4n) is 3.20. The highest BCUT2D eigenvalue weighted by atomic mass is 16.5. The molecule has 0 unspecified atom stereocenters. The van der Waals surface area contributed by atoms with Crippen molar-refractivity contribution in [1.82, 2.24) is 14.9 Å². The Hall–Kier alpha value is -3.02. The summed E-state index contributed by atoms with van der Waals surface area (Å²) in [4.78, 5) is 16.9. The van der Waals surface area contributed by atoms with Crippen molar-refractivity contribution in [2.75, 3.05) is 20.3 Å². The normalized spacial score (nSPS) is 11.5. The number of hydrogen-bond donors (Lipinski definition) is 1. The SMILES string of the molecule is COc1ccc(OCCCn2c(CCNC(=O)C(C)(C)C)nc3ccccc32)cc1. The van der Waals surface area contributed by atoms with E-state index in [-0.39, 0.29) is 11.3 Å². The smallest absolute Gasteiger partial charge is 0.225 e. The number of rotatable bonds is 9. The van der Waals surface area contributed by atoms with Gasteiger partial charge in [0.25, 0.3) is 0 Å². The summed E-state index contributed by atoms with van der Waals surface area (Å²) in [6, 6.07) is 15.7. The summed E-state index contributed by atoms with van der Waals surface area (Å²) in [5.41, 5.74) is 1.70. The molecule has 0 radical (unpaired) electrons. The molecule has 3 rings (SSSR count). The number of amides is 1. The van der Waals surface area contributed by atoms with Crippen molar-refractivity contribution in [3.63, 3.8) is 0 Å². The van der Waals surface area contributed by atoms with Crippen LogP contribution in [-0.4, -0.2) is 35.7 Å². The lowest BCUT2D eigenvalue weighted by Gasteiger charge is -2.17. The number of benzene rings is 2. The quantitative estimate of drug-likeness (QED) is 0.538. The molecule has 6 heteroatoms. The predicted octanol–water partition coefficient (Wildman–Crippen LogP) is 4.22. The zero-order chi connectivity index (χ0) is 21.6. The monoisotopic (exact) mass is 409 g/mol. The van der Waals surface area contributed by atoms with Crippen LogP contribution in [0.3, 0.4) is 0 Å². The molecule has 3 aromatic rings. The lowest BCUT2D eigenvalue weighted by atomic mass is 9.96. The number of nitrogens with one attached hydrogen (secondary N) is 1. The minimum Gasteiger partial charge on any atom is -0.497 e. The number of imidazole rings is 1. The predicted molar refractivity (Wildman–Crippen MR) is 119 cm³/mol. The molecule has 0 fully saturated rings. The molecule has 30 heavy (non-hydrogen) atoms. The zero-order valence-corrected chi connectivity index (χ0v) is 18.3. The average molecular weight is 410 g/mol. The van der Waals surface area contributed by atoms with Gasteiger partial charge in [-0.05, 0) is 42.8 Å². The largest absolute Gasteiger partial charge is 0.497 e. The van der Waals surface area contributed by atoms with Crippen LogP contribution in [0.4, 0.5) is 0 Å². The Morgan fingerprint density at radius 1 is 1.07 bits per heavy atom. The maximum absolute atomic E-state index is 12.1. The number of carbonyl (C=O) groups excluding carboxylic acids is 1. The lowest BCUT2D eigenvalue weighted by molar-refractivity contribution is -0.128. The number of ether oxygens (including phenoxy) is 2. The fourth-order valence-corrected chi connectivity index (χ4v) is 3.20. The van der Waals surface area contributed by atoms with Crippen molar-refractivity contribution in [2.24, 2.45) is 5.41 Å². The van der Waals surface area contributed by atoms with Gasteiger partial charge in [-0.1, -0.05) is 32.9 Å². The van der Waals surface area contributed by atoms with Gasteiger partial charge in [-0.3, -0.25) is 4.79 Å². The second kappa shape index (κ2) is 9.65. The second-order valence-electron chi connectivity index (χ2n) is 8.30. The van der Waals surface area contributed by atoms with Crippen LogP contribution in [0.1, 0.15) is 33.0 Å². The first-order valence-electron chi connectivity index (χ1n) is 10.4. The Morgan fingerprint density at radius 3 is 2.47 bits per heavy atom. The number of aromatic nitrogens is 2. The number of methoxy groups -OCH3 is 1. The van der Waals surface area contributed by atoms with E-state index < -0.39 is 0 Å². The van der Waals surface area contributed by atoms with Crippen molar-refractivity contribution < 1.29 is 14.3 Å². The molecule has 0 atom stereocenters. The van der Waals surface area contributed by atoms with E-state index in [1.165, 1.54) is 0 Å². The van der Waals surface area contributed by atoms with Crippen molar-refractivity contribution >= 4 is 16.9 Å². The van der Waals surface area contributed by atoms with Crippen LogP contribution < -0.4 is 14.8 Å². The van der Waals surface area contributed by atoms with Crippen molar-refractivity contribution in [2.45, 2.75) is 40.2 Å². The van der Waals surface area contributed by atoms with Crippen LogP contribution in [-0.2, 0) is 17.8 Å². The third-order valence-electron chi connectivity index (χ3n) is 4.90. The third-order valence-corrected chi connectivity index (χ3v) is 4.90. The summed E-state index contributed by atoms with van der Waals surface area (Å²) in [6.45, 7) is 7.74. The van der Waals surface area contributed by atoms with Gasteiger partial charge in [0, 0.05) is 24.9 Å². The third kappa shape index (κ3) is 5.53. The van der Waals surface area contributed by atoms with Crippen LogP contribution in [0, 0.1) is 5.41 Å². The number of aryl methyl sites for hydroxylation is 1. The topological polar surface area (TPSA) is 65.4 Å². The average Bonchev–Trinajstić information content (AvgIpc) is 3.08. The molecule has 0 bridgehead atoms. The summed E-state index contributed by atoms with van der Waals surface area (Å²) in [7, 11) is 1.65. The number of fused-ring (bicyclic) bond motifs is 1. The summed E-state index contributed by atoms with van der Waals surface area (Å²) in [5.74, 6) is 2.68. The molecule has 1 N–H and O–H groups in total. The van der Waals surface area contributed by atoms with Crippen LogP contribution in [0.2, 0.25) is 0 Å². The molecule has 6 nitrogen and oxygen atoms in total. The molecule has 1 aromatic heterocycles. The number of nitrogens with zero attached hydrogens (tertiary/aromatic N) is 2. The van der Waals surface area contributed by atoms with Gasteiger partial charge in [0.2, 0.25) is 5.91 Å². The zero-order valence-electron chi connectivity index (χ0n) is 18.3. The Labute approximate surface area is 178 Å². The van der Waals surface area contributed by atoms with E-state index in [1.807, 2.05) is 63.2 Å². The number of para-hydroxylation sites is 2. The minimum atomic E-state index is -0.390. The van der Waals surface area contributed by atoms with Crippen molar-refractivity contribution in [3.05, 3.63) is 54.4 Å². The molecule has 0 aliphatic rings. The summed E-state index contributed by atoms with van der Waals surface area (Å²) in [5, 5.41) is 3.01. The van der Waals surface area contributed by atoms with E-state index in [1.54, 1.807) is 7.11 Å². The van der Waals surface area contributed by atoms with Crippen LogP contribution >= 0.6 is 0 Å². The maximum atomic E-state index is 12.1. The van der Waals surface area contributed by atoms with Gasteiger partial charge in [0.1, 0.15) is 17.3 Å². The number of carbonyl (C=O) groups is 1. The summed E-state index contributed by atoms with van der Waals surface area (Å²) in [6.07, 6.45) is 1.55. The fraction of sp³-hybridized carbons (Fsp3) is 0.417. The Kier molecular flexibility index (Phi) is 6.98. The molecule has 0 aliphatic heterocycles. The van der Waals surface area contributed by atoms with E-state index in [2.05, 4.69) is 16.0 Å². The van der Waals surface area contributed by atoms with Crippen LogP contribution in [0.25, 0.3) is 11.0 Å². The van der Waals surface area contributed by atoms with Crippen molar-refractivity contribution in [1.29, 1.82) is 0 Å². The van der Waals surface area contributed by atoms with E-state index >= 15 is 0 Å². The molecule has 1 heterocycles. The maximum Gasteiger partial charge on any atom is 0.225 e.